The van der Waals surface area contributed by atoms with Crippen molar-refractivity contribution in [2.75, 3.05) is 19.0 Å². The van der Waals surface area contributed by atoms with Crippen LogP contribution in [-0.2, 0) is 4.79 Å². The lowest BCUT2D eigenvalue weighted by Crippen LogP contribution is -2.27. The highest BCUT2D eigenvalue weighted by molar-refractivity contribution is 6.32. The van der Waals surface area contributed by atoms with Crippen molar-refractivity contribution in [1.82, 2.24) is 5.32 Å². The number of carbonyl (C=O) groups excluding carboxylic acids is 3. The SMILES string of the molecule is COc1cc(C(=O)NC(C)c2cccc(NC(=O)c3ccccc3)c2)cc(Cl)c1OCC(N)=O. The number of ether oxygens (including phenoxy) is 2. The minimum Gasteiger partial charge on any atom is -0.493 e. The Labute approximate surface area is 202 Å². The molecule has 34 heavy (non-hydrogen) atoms. The van der Waals surface area contributed by atoms with Crippen LogP contribution in [0.4, 0.5) is 5.69 Å². The van der Waals surface area contributed by atoms with Gasteiger partial charge < -0.3 is 25.8 Å². The summed E-state index contributed by atoms with van der Waals surface area (Å²) in [6.07, 6.45) is 0. The summed E-state index contributed by atoms with van der Waals surface area (Å²) in [6, 6.07) is 18.6. The van der Waals surface area contributed by atoms with Gasteiger partial charge in [-0.2, -0.15) is 0 Å². The van der Waals surface area contributed by atoms with E-state index < -0.39 is 11.8 Å². The first-order chi connectivity index (χ1) is 16.3. The second-order valence-electron chi connectivity index (χ2n) is 7.39. The molecular weight excluding hydrogens is 458 g/mol. The lowest BCUT2D eigenvalue weighted by atomic mass is 10.1. The fraction of sp³-hybridized carbons (Fsp3) is 0.160. The molecule has 9 heteroatoms. The summed E-state index contributed by atoms with van der Waals surface area (Å²) in [7, 11) is 1.39. The van der Waals surface area contributed by atoms with Crippen molar-refractivity contribution in [2.24, 2.45) is 5.73 Å². The van der Waals surface area contributed by atoms with Crippen molar-refractivity contribution in [2.45, 2.75) is 13.0 Å². The molecule has 1 atom stereocenters. The van der Waals surface area contributed by atoms with Crippen LogP contribution in [0.5, 0.6) is 11.5 Å². The highest BCUT2D eigenvalue weighted by atomic mass is 35.5. The van der Waals surface area contributed by atoms with Crippen molar-refractivity contribution >= 4 is 35.0 Å². The summed E-state index contributed by atoms with van der Waals surface area (Å²) >= 11 is 6.24. The molecule has 0 aliphatic carbocycles. The van der Waals surface area contributed by atoms with E-state index in [1.54, 1.807) is 42.5 Å². The highest BCUT2D eigenvalue weighted by Crippen LogP contribution is 2.36. The number of hydrogen-bond donors (Lipinski definition) is 3. The first-order valence-corrected chi connectivity index (χ1v) is 10.7. The molecule has 0 bridgehead atoms. The van der Waals surface area contributed by atoms with Crippen molar-refractivity contribution in [3.63, 3.8) is 0 Å². The van der Waals surface area contributed by atoms with Gasteiger partial charge in [0.05, 0.1) is 18.2 Å². The number of nitrogens with one attached hydrogen (secondary N) is 2. The normalized spacial score (nSPS) is 11.3. The number of carbonyl (C=O) groups is 3. The topological polar surface area (TPSA) is 120 Å². The Morgan fingerprint density at radius 1 is 0.971 bits per heavy atom. The average Bonchev–Trinajstić information content (AvgIpc) is 2.83. The maximum Gasteiger partial charge on any atom is 0.255 e. The quantitative estimate of drug-likeness (QED) is 0.427. The van der Waals surface area contributed by atoms with Crippen LogP contribution in [0.25, 0.3) is 0 Å². The van der Waals surface area contributed by atoms with E-state index in [4.69, 9.17) is 26.8 Å². The standard InChI is InChI=1S/C25H24ClN3O5/c1-15(17-9-6-10-19(11-17)29-24(31)16-7-4-3-5-8-16)28-25(32)18-12-20(26)23(21(13-18)33-2)34-14-22(27)30/h3-13,15H,14H2,1-2H3,(H2,27,30)(H,28,32)(H,29,31). The van der Waals surface area contributed by atoms with Crippen LogP contribution in [0.2, 0.25) is 5.02 Å². The summed E-state index contributed by atoms with van der Waals surface area (Å²) in [5, 5.41) is 5.85. The Morgan fingerprint density at radius 2 is 1.71 bits per heavy atom. The lowest BCUT2D eigenvalue weighted by molar-refractivity contribution is -0.119. The van der Waals surface area contributed by atoms with Crippen molar-refractivity contribution in [3.8, 4) is 11.5 Å². The van der Waals surface area contributed by atoms with Gasteiger partial charge in [-0.1, -0.05) is 41.9 Å². The number of nitrogens with two attached hydrogens (primary N) is 1. The number of hydrogen-bond acceptors (Lipinski definition) is 5. The molecule has 3 aromatic carbocycles. The summed E-state index contributed by atoms with van der Waals surface area (Å²) < 4.78 is 10.5. The number of amides is 3. The first-order valence-electron chi connectivity index (χ1n) is 10.3. The molecule has 0 aromatic heterocycles. The van der Waals surface area contributed by atoms with E-state index in [2.05, 4.69) is 10.6 Å². The molecule has 0 fully saturated rings. The number of halogens is 1. The van der Waals surface area contributed by atoms with Gasteiger partial charge in [0.25, 0.3) is 17.7 Å². The minimum absolute atomic E-state index is 0.101. The zero-order valence-electron chi connectivity index (χ0n) is 18.6. The monoisotopic (exact) mass is 481 g/mol. The molecule has 0 spiro atoms. The number of benzene rings is 3. The molecular formula is C25H24ClN3O5. The van der Waals surface area contributed by atoms with Gasteiger partial charge in [-0.25, -0.2) is 0 Å². The van der Waals surface area contributed by atoms with Crippen molar-refractivity contribution in [1.29, 1.82) is 0 Å². The number of rotatable bonds is 9. The van der Waals surface area contributed by atoms with Gasteiger partial charge in [0.1, 0.15) is 0 Å². The molecule has 176 valence electrons. The molecule has 0 aliphatic rings. The maximum absolute atomic E-state index is 12.9. The Kier molecular flexibility index (Phi) is 8.10. The minimum atomic E-state index is -0.670. The Bertz CT molecular complexity index is 1200. The summed E-state index contributed by atoms with van der Waals surface area (Å²) in [4.78, 5) is 36.3. The van der Waals surface area contributed by atoms with Gasteiger partial charge in [0.2, 0.25) is 0 Å². The third-order valence-corrected chi connectivity index (χ3v) is 5.16. The predicted molar refractivity (Wildman–Crippen MR) is 129 cm³/mol. The van der Waals surface area contributed by atoms with Crippen LogP contribution in [0.3, 0.4) is 0 Å². The zero-order chi connectivity index (χ0) is 24.7. The van der Waals surface area contributed by atoms with Crippen LogP contribution >= 0.6 is 11.6 Å². The summed E-state index contributed by atoms with van der Waals surface area (Å²) in [6.45, 7) is 1.44. The van der Waals surface area contributed by atoms with E-state index in [9.17, 15) is 14.4 Å². The smallest absolute Gasteiger partial charge is 0.255 e. The number of anilines is 1. The van der Waals surface area contributed by atoms with Gasteiger partial charge in [0.15, 0.2) is 18.1 Å². The molecule has 0 aliphatic heterocycles. The van der Waals surface area contributed by atoms with Crippen molar-refractivity contribution in [3.05, 3.63) is 88.4 Å². The number of methoxy groups -OCH3 is 1. The third-order valence-electron chi connectivity index (χ3n) is 4.88. The fourth-order valence-corrected chi connectivity index (χ4v) is 3.44. The van der Waals surface area contributed by atoms with Gasteiger partial charge >= 0.3 is 0 Å². The third kappa shape index (κ3) is 6.26. The summed E-state index contributed by atoms with van der Waals surface area (Å²) in [5.74, 6) is -0.981. The highest BCUT2D eigenvalue weighted by Gasteiger charge is 2.18. The zero-order valence-corrected chi connectivity index (χ0v) is 19.4. The number of primary amides is 1. The maximum atomic E-state index is 12.9. The van der Waals surface area contributed by atoms with Crippen LogP contribution in [0, 0.1) is 0 Å². The molecule has 3 amide bonds. The van der Waals surface area contributed by atoms with Gasteiger partial charge in [-0.3, -0.25) is 14.4 Å². The second-order valence-corrected chi connectivity index (χ2v) is 7.79. The Hall–Kier alpha value is -4.04. The van der Waals surface area contributed by atoms with E-state index in [0.29, 0.717) is 11.3 Å². The van der Waals surface area contributed by atoms with Crippen LogP contribution in [-0.4, -0.2) is 31.4 Å². The summed E-state index contributed by atoms with van der Waals surface area (Å²) in [5.41, 5.74) is 7.29. The molecule has 8 nitrogen and oxygen atoms in total. The van der Waals surface area contributed by atoms with E-state index >= 15 is 0 Å². The molecule has 4 N–H and O–H groups in total. The molecule has 0 saturated carbocycles. The van der Waals surface area contributed by atoms with Crippen LogP contribution in [0.1, 0.15) is 39.2 Å². The second kappa shape index (κ2) is 11.2. The van der Waals surface area contributed by atoms with Crippen LogP contribution in [0.15, 0.2) is 66.7 Å². The van der Waals surface area contributed by atoms with E-state index in [0.717, 1.165) is 5.56 Å². The molecule has 1 unspecified atom stereocenters. The average molecular weight is 482 g/mol. The van der Waals surface area contributed by atoms with Crippen LogP contribution < -0.4 is 25.8 Å². The Morgan fingerprint density at radius 3 is 2.38 bits per heavy atom. The molecule has 3 aromatic rings. The van der Waals surface area contributed by atoms with Gasteiger partial charge in [0, 0.05) is 16.8 Å². The molecule has 0 heterocycles. The molecule has 0 radical (unpaired) electrons. The van der Waals surface area contributed by atoms with E-state index in [-0.39, 0.29) is 40.6 Å². The molecule has 3 rings (SSSR count). The van der Waals surface area contributed by atoms with E-state index in [1.165, 1.54) is 19.2 Å². The largest absolute Gasteiger partial charge is 0.493 e. The molecule has 0 saturated heterocycles. The van der Waals surface area contributed by atoms with Gasteiger partial charge in [-0.05, 0) is 48.9 Å². The van der Waals surface area contributed by atoms with Gasteiger partial charge in [-0.15, -0.1) is 0 Å². The predicted octanol–water partition coefficient (Wildman–Crippen LogP) is 3.96. The Balaban J connectivity index is 1.72. The first kappa shape index (κ1) is 24.6. The lowest BCUT2D eigenvalue weighted by Gasteiger charge is -2.17. The van der Waals surface area contributed by atoms with Crippen molar-refractivity contribution < 1.29 is 23.9 Å². The van der Waals surface area contributed by atoms with E-state index in [1.807, 2.05) is 19.1 Å². The fourth-order valence-electron chi connectivity index (χ4n) is 3.18.